The van der Waals surface area contributed by atoms with E-state index in [9.17, 15) is 14.4 Å². The van der Waals surface area contributed by atoms with E-state index in [1.807, 2.05) is 25.1 Å². The first kappa shape index (κ1) is 22.8. The summed E-state index contributed by atoms with van der Waals surface area (Å²) in [5, 5.41) is 5.77. The van der Waals surface area contributed by atoms with Crippen molar-refractivity contribution in [3.05, 3.63) is 68.5 Å². The molecule has 168 valence electrons. The largest absolute Gasteiger partial charge is 0.336 e. The minimum absolute atomic E-state index is 0.0638. The first-order valence-electron chi connectivity index (χ1n) is 11.0. The van der Waals surface area contributed by atoms with Crippen LogP contribution in [0, 0.1) is 0 Å². The number of aromatic nitrogens is 2. The Hall–Kier alpha value is -2.87. The second-order valence-electron chi connectivity index (χ2n) is 8.36. The van der Waals surface area contributed by atoms with E-state index >= 15 is 0 Å². The van der Waals surface area contributed by atoms with Crippen molar-refractivity contribution in [1.82, 2.24) is 25.1 Å². The zero-order valence-corrected chi connectivity index (χ0v) is 18.4. The number of aromatic amines is 1. The molecule has 0 aliphatic heterocycles. The minimum atomic E-state index is -0.471. The van der Waals surface area contributed by atoms with Gasteiger partial charge in [-0.25, -0.2) is 9.59 Å². The van der Waals surface area contributed by atoms with E-state index in [1.165, 1.54) is 22.7 Å². The van der Waals surface area contributed by atoms with E-state index < -0.39 is 11.2 Å². The average Bonchev–Trinajstić information content (AvgIpc) is 2.78. The number of aryl methyl sites for hydroxylation is 1. The smallest absolute Gasteiger partial charge is 0.328 e. The Labute approximate surface area is 182 Å². The highest BCUT2D eigenvalue weighted by Gasteiger charge is 2.36. The molecule has 1 saturated carbocycles. The lowest BCUT2D eigenvalue weighted by atomic mass is 9.80. The van der Waals surface area contributed by atoms with Gasteiger partial charge in [-0.15, -0.1) is 0 Å². The summed E-state index contributed by atoms with van der Waals surface area (Å²) >= 11 is 0. The van der Waals surface area contributed by atoms with Crippen molar-refractivity contribution < 1.29 is 4.79 Å². The Morgan fingerprint density at radius 2 is 1.84 bits per heavy atom. The van der Waals surface area contributed by atoms with Gasteiger partial charge in [0, 0.05) is 31.4 Å². The number of H-pyrrole nitrogens is 1. The number of urea groups is 1. The van der Waals surface area contributed by atoms with Crippen molar-refractivity contribution in [3.63, 3.8) is 0 Å². The highest BCUT2D eigenvalue weighted by molar-refractivity contribution is 5.73. The van der Waals surface area contributed by atoms with Gasteiger partial charge in [-0.1, -0.05) is 49.6 Å². The van der Waals surface area contributed by atoms with Gasteiger partial charge in [0.2, 0.25) is 0 Å². The standard InChI is InChI=1S/C23H33N5O3/c1-3-28-16-19(20(29)26-22(28)31)14-24-21(30)25-17-23(12-8-5-9-13-23)27(2)15-18-10-6-4-7-11-18/h4,6-7,10-11,16H,3,5,8-9,12-15,17H2,1-2H3,(H2,24,25,30)(H,26,29,31). The molecular weight excluding hydrogens is 394 g/mol. The molecule has 3 N–H and O–H groups in total. The fourth-order valence-electron chi connectivity index (χ4n) is 4.33. The molecule has 1 aliphatic carbocycles. The van der Waals surface area contributed by atoms with Crippen molar-refractivity contribution in [2.24, 2.45) is 0 Å². The quantitative estimate of drug-likeness (QED) is 0.601. The minimum Gasteiger partial charge on any atom is -0.336 e. The molecule has 0 unspecified atom stereocenters. The Balaban J connectivity index is 1.60. The maximum atomic E-state index is 12.5. The molecule has 3 rings (SSSR count). The van der Waals surface area contributed by atoms with Gasteiger partial charge in [0.1, 0.15) is 0 Å². The van der Waals surface area contributed by atoms with Crippen LogP contribution in [-0.2, 0) is 19.6 Å². The van der Waals surface area contributed by atoms with E-state index in [-0.39, 0.29) is 18.1 Å². The average molecular weight is 428 g/mol. The van der Waals surface area contributed by atoms with Crippen LogP contribution in [0.3, 0.4) is 0 Å². The van der Waals surface area contributed by atoms with Gasteiger partial charge in [0.05, 0.1) is 12.1 Å². The Morgan fingerprint density at radius 3 is 2.52 bits per heavy atom. The molecule has 2 aromatic rings. The fourth-order valence-corrected chi connectivity index (χ4v) is 4.33. The lowest BCUT2D eigenvalue weighted by molar-refractivity contribution is 0.0693. The monoisotopic (exact) mass is 427 g/mol. The topological polar surface area (TPSA) is 99.2 Å². The summed E-state index contributed by atoms with van der Waals surface area (Å²) in [6, 6.07) is 10.0. The number of hydrogen-bond acceptors (Lipinski definition) is 4. The number of carbonyl (C=O) groups excluding carboxylic acids is 1. The molecule has 31 heavy (non-hydrogen) atoms. The van der Waals surface area contributed by atoms with E-state index in [4.69, 9.17) is 0 Å². The third kappa shape index (κ3) is 5.85. The van der Waals surface area contributed by atoms with E-state index in [1.54, 1.807) is 0 Å². The summed E-state index contributed by atoms with van der Waals surface area (Å²) in [4.78, 5) is 40.8. The summed E-state index contributed by atoms with van der Waals surface area (Å²) in [6.07, 6.45) is 7.10. The van der Waals surface area contributed by atoms with Crippen molar-refractivity contribution in [2.45, 2.75) is 64.2 Å². The molecular formula is C23H33N5O3. The first-order valence-corrected chi connectivity index (χ1v) is 11.0. The molecule has 1 aromatic heterocycles. The number of benzene rings is 1. The van der Waals surface area contributed by atoms with Crippen LogP contribution < -0.4 is 21.9 Å². The summed E-state index contributed by atoms with van der Waals surface area (Å²) in [7, 11) is 2.13. The van der Waals surface area contributed by atoms with Gasteiger partial charge in [-0.2, -0.15) is 0 Å². The van der Waals surface area contributed by atoms with E-state index in [0.29, 0.717) is 18.7 Å². The van der Waals surface area contributed by atoms with Gasteiger partial charge in [0.15, 0.2) is 0 Å². The van der Waals surface area contributed by atoms with Crippen LogP contribution >= 0.6 is 0 Å². The molecule has 2 amide bonds. The predicted molar refractivity (Wildman–Crippen MR) is 121 cm³/mol. The summed E-state index contributed by atoms with van der Waals surface area (Å²) in [6.45, 7) is 3.71. The number of nitrogens with one attached hydrogen (secondary N) is 3. The highest BCUT2D eigenvalue weighted by Crippen LogP contribution is 2.33. The molecule has 0 saturated heterocycles. The van der Waals surface area contributed by atoms with Gasteiger partial charge in [0.25, 0.3) is 5.56 Å². The SMILES string of the molecule is CCn1cc(CNC(=O)NCC2(N(C)Cc3ccccc3)CCCCC2)c(=O)[nH]c1=O. The zero-order chi connectivity index (χ0) is 22.3. The molecule has 1 aliphatic rings. The number of carbonyl (C=O) groups is 1. The lowest BCUT2D eigenvalue weighted by Gasteiger charge is -2.45. The van der Waals surface area contributed by atoms with Crippen molar-refractivity contribution in [3.8, 4) is 0 Å². The third-order valence-corrected chi connectivity index (χ3v) is 6.30. The predicted octanol–water partition coefficient (Wildman–Crippen LogP) is 2.19. The van der Waals surface area contributed by atoms with Crippen molar-refractivity contribution in [2.75, 3.05) is 13.6 Å². The number of hydrogen-bond donors (Lipinski definition) is 3. The second-order valence-corrected chi connectivity index (χ2v) is 8.36. The van der Waals surface area contributed by atoms with Gasteiger partial charge < -0.3 is 15.2 Å². The van der Waals surface area contributed by atoms with Gasteiger partial charge in [-0.05, 0) is 32.4 Å². The molecule has 8 heteroatoms. The molecule has 0 spiro atoms. The summed E-state index contributed by atoms with van der Waals surface area (Å²) < 4.78 is 1.41. The van der Waals surface area contributed by atoms with Crippen LogP contribution in [0.2, 0.25) is 0 Å². The third-order valence-electron chi connectivity index (χ3n) is 6.30. The summed E-state index contributed by atoms with van der Waals surface area (Å²) in [5.74, 6) is 0. The van der Waals surface area contributed by atoms with Crippen LogP contribution in [0.4, 0.5) is 4.79 Å². The number of likely N-dealkylation sites (N-methyl/N-ethyl adjacent to an activating group) is 1. The van der Waals surface area contributed by atoms with Crippen LogP contribution in [0.1, 0.15) is 50.2 Å². The van der Waals surface area contributed by atoms with Crippen molar-refractivity contribution >= 4 is 6.03 Å². The van der Waals surface area contributed by atoms with Gasteiger partial charge >= 0.3 is 11.7 Å². The zero-order valence-electron chi connectivity index (χ0n) is 18.4. The van der Waals surface area contributed by atoms with Crippen LogP contribution in [-0.4, -0.2) is 39.6 Å². The Kier molecular flexibility index (Phi) is 7.68. The maximum Gasteiger partial charge on any atom is 0.328 e. The molecule has 1 aromatic carbocycles. The maximum absolute atomic E-state index is 12.5. The molecule has 1 fully saturated rings. The number of amides is 2. The molecule has 0 radical (unpaired) electrons. The second kappa shape index (κ2) is 10.4. The van der Waals surface area contributed by atoms with Crippen LogP contribution in [0.25, 0.3) is 0 Å². The fraction of sp³-hybridized carbons (Fsp3) is 0.522. The first-order chi connectivity index (χ1) is 14.9. The molecule has 1 heterocycles. The highest BCUT2D eigenvalue weighted by atomic mass is 16.2. The van der Waals surface area contributed by atoms with Crippen LogP contribution in [0.5, 0.6) is 0 Å². The molecule has 0 bridgehead atoms. The number of rotatable bonds is 8. The Morgan fingerprint density at radius 1 is 1.13 bits per heavy atom. The van der Waals surface area contributed by atoms with Gasteiger partial charge in [-0.3, -0.25) is 14.7 Å². The summed E-state index contributed by atoms with van der Waals surface area (Å²) in [5.41, 5.74) is 0.607. The normalized spacial score (nSPS) is 15.6. The molecule has 8 nitrogen and oxygen atoms in total. The number of nitrogens with zero attached hydrogens (tertiary/aromatic N) is 2. The lowest BCUT2D eigenvalue weighted by Crippen LogP contribution is -2.56. The van der Waals surface area contributed by atoms with Crippen LogP contribution in [0.15, 0.2) is 46.1 Å². The van der Waals surface area contributed by atoms with E-state index in [2.05, 4.69) is 39.7 Å². The molecule has 0 atom stereocenters. The van der Waals surface area contributed by atoms with E-state index in [0.717, 1.165) is 32.2 Å². The van der Waals surface area contributed by atoms with Crippen molar-refractivity contribution in [1.29, 1.82) is 0 Å². The Bertz CT molecular complexity index is 977.